The average Bonchev–Trinajstić information content (AvgIpc) is 2.70. The molecule has 0 radical (unpaired) electrons. The second-order valence-corrected chi connectivity index (χ2v) is 5.33. The summed E-state index contributed by atoms with van der Waals surface area (Å²) in [6.45, 7) is 0.501. The molecule has 2 heterocycles. The van der Waals surface area contributed by atoms with E-state index in [4.69, 9.17) is 0 Å². The SMILES string of the molecule is O=C1CC(CS)CN1c1ncc(Br)cc1CO. The summed E-state index contributed by atoms with van der Waals surface area (Å²) in [6.07, 6.45) is 2.14. The molecule has 0 bridgehead atoms. The number of hydrogen-bond donors (Lipinski definition) is 2. The molecule has 0 aliphatic carbocycles. The molecule has 0 aromatic carbocycles. The van der Waals surface area contributed by atoms with E-state index in [9.17, 15) is 9.90 Å². The number of halogens is 1. The van der Waals surface area contributed by atoms with Gasteiger partial charge in [-0.15, -0.1) is 0 Å². The number of nitrogens with zero attached hydrogens (tertiary/aromatic N) is 2. The third-order valence-corrected chi connectivity index (χ3v) is 3.75. The quantitative estimate of drug-likeness (QED) is 0.833. The Labute approximate surface area is 114 Å². The molecule has 1 fully saturated rings. The van der Waals surface area contributed by atoms with Gasteiger partial charge in [0.15, 0.2) is 0 Å². The number of aromatic nitrogens is 1. The fraction of sp³-hybridized carbons (Fsp3) is 0.455. The lowest BCUT2D eigenvalue weighted by Crippen LogP contribution is -2.27. The number of carbonyl (C=O) groups excluding carboxylic acids is 1. The van der Waals surface area contributed by atoms with Crippen molar-refractivity contribution in [1.29, 1.82) is 0 Å². The Morgan fingerprint density at radius 1 is 1.65 bits per heavy atom. The second kappa shape index (κ2) is 5.37. The number of thiol groups is 1. The standard InChI is InChI=1S/C11H13BrN2O2S/c12-9-2-8(5-15)11(13-3-9)14-4-7(6-17)1-10(14)16/h2-3,7,15,17H,1,4-6H2. The number of aliphatic hydroxyl groups is 1. The van der Waals surface area contributed by atoms with Gasteiger partial charge in [-0.05, 0) is 33.7 Å². The van der Waals surface area contributed by atoms with Crippen LogP contribution in [0.3, 0.4) is 0 Å². The third kappa shape index (κ3) is 2.64. The van der Waals surface area contributed by atoms with E-state index in [0.717, 1.165) is 4.47 Å². The molecule has 1 amide bonds. The monoisotopic (exact) mass is 316 g/mol. The molecule has 1 aromatic heterocycles. The normalized spacial score (nSPS) is 20.1. The highest BCUT2D eigenvalue weighted by Gasteiger charge is 2.31. The Morgan fingerprint density at radius 2 is 2.41 bits per heavy atom. The summed E-state index contributed by atoms with van der Waals surface area (Å²) < 4.78 is 0.794. The Bertz CT molecular complexity index is 441. The highest BCUT2D eigenvalue weighted by molar-refractivity contribution is 9.10. The van der Waals surface area contributed by atoms with Gasteiger partial charge in [0.2, 0.25) is 5.91 Å². The van der Waals surface area contributed by atoms with Gasteiger partial charge in [0, 0.05) is 29.2 Å². The lowest BCUT2D eigenvalue weighted by Gasteiger charge is -2.18. The van der Waals surface area contributed by atoms with Crippen LogP contribution in [0.2, 0.25) is 0 Å². The smallest absolute Gasteiger partial charge is 0.228 e. The van der Waals surface area contributed by atoms with Crippen LogP contribution in [-0.4, -0.2) is 28.3 Å². The van der Waals surface area contributed by atoms with Crippen LogP contribution in [0.4, 0.5) is 5.82 Å². The van der Waals surface area contributed by atoms with Crippen molar-refractivity contribution in [2.45, 2.75) is 13.0 Å². The lowest BCUT2D eigenvalue weighted by molar-refractivity contribution is -0.117. The van der Waals surface area contributed by atoms with E-state index >= 15 is 0 Å². The number of hydrogen-bond acceptors (Lipinski definition) is 4. The molecular formula is C11H13BrN2O2S. The van der Waals surface area contributed by atoms with Gasteiger partial charge in [-0.25, -0.2) is 4.98 Å². The molecule has 0 saturated carbocycles. The first-order chi connectivity index (χ1) is 8.15. The zero-order valence-corrected chi connectivity index (χ0v) is 11.6. The van der Waals surface area contributed by atoms with Gasteiger partial charge in [0.1, 0.15) is 5.82 Å². The van der Waals surface area contributed by atoms with E-state index in [1.807, 2.05) is 0 Å². The zero-order chi connectivity index (χ0) is 12.4. The van der Waals surface area contributed by atoms with Crippen LogP contribution in [0, 0.1) is 5.92 Å². The topological polar surface area (TPSA) is 53.4 Å². The van der Waals surface area contributed by atoms with Crippen LogP contribution in [-0.2, 0) is 11.4 Å². The van der Waals surface area contributed by atoms with Crippen molar-refractivity contribution in [2.75, 3.05) is 17.2 Å². The molecule has 1 unspecified atom stereocenters. The lowest BCUT2D eigenvalue weighted by atomic mass is 10.1. The van der Waals surface area contributed by atoms with Crippen LogP contribution in [0.1, 0.15) is 12.0 Å². The first kappa shape index (κ1) is 12.9. The number of rotatable bonds is 3. The second-order valence-electron chi connectivity index (χ2n) is 4.05. The van der Waals surface area contributed by atoms with E-state index < -0.39 is 0 Å². The van der Waals surface area contributed by atoms with E-state index in [1.165, 1.54) is 0 Å². The van der Waals surface area contributed by atoms with Crippen molar-refractivity contribution in [3.8, 4) is 0 Å². The molecule has 1 saturated heterocycles. The highest BCUT2D eigenvalue weighted by atomic mass is 79.9. The fourth-order valence-electron chi connectivity index (χ4n) is 1.94. The maximum Gasteiger partial charge on any atom is 0.228 e. The third-order valence-electron chi connectivity index (χ3n) is 2.80. The maximum atomic E-state index is 11.9. The number of aliphatic hydroxyl groups excluding tert-OH is 1. The molecule has 1 N–H and O–H groups in total. The van der Waals surface area contributed by atoms with Crippen LogP contribution < -0.4 is 4.90 Å². The summed E-state index contributed by atoms with van der Waals surface area (Å²) in [4.78, 5) is 17.7. The van der Waals surface area contributed by atoms with E-state index in [2.05, 4.69) is 33.5 Å². The highest BCUT2D eigenvalue weighted by Crippen LogP contribution is 2.28. The van der Waals surface area contributed by atoms with Gasteiger partial charge >= 0.3 is 0 Å². The minimum absolute atomic E-state index is 0.0496. The molecule has 2 rings (SSSR count). The molecule has 1 aliphatic rings. The number of pyridine rings is 1. The molecule has 17 heavy (non-hydrogen) atoms. The molecule has 0 spiro atoms. The zero-order valence-electron chi connectivity index (χ0n) is 9.14. The van der Waals surface area contributed by atoms with Crippen molar-refractivity contribution in [3.63, 3.8) is 0 Å². The summed E-state index contributed by atoms with van der Waals surface area (Å²) >= 11 is 7.52. The summed E-state index contributed by atoms with van der Waals surface area (Å²) in [7, 11) is 0. The van der Waals surface area contributed by atoms with Crippen molar-refractivity contribution < 1.29 is 9.90 Å². The Balaban J connectivity index is 2.31. The molecule has 1 aliphatic heterocycles. The van der Waals surface area contributed by atoms with E-state index in [0.29, 0.717) is 30.1 Å². The number of anilines is 1. The summed E-state index contributed by atoms with van der Waals surface area (Å²) in [6, 6.07) is 1.78. The van der Waals surface area contributed by atoms with Crippen molar-refractivity contribution in [3.05, 3.63) is 22.3 Å². The van der Waals surface area contributed by atoms with Gasteiger partial charge in [-0.3, -0.25) is 9.69 Å². The minimum Gasteiger partial charge on any atom is -0.392 e. The van der Waals surface area contributed by atoms with Gasteiger partial charge in [-0.1, -0.05) is 0 Å². The van der Waals surface area contributed by atoms with Gasteiger partial charge in [0.25, 0.3) is 0 Å². The Morgan fingerprint density at radius 3 is 3.00 bits per heavy atom. The van der Waals surface area contributed by atoms with Gasteiger partial charge in [0.05, 0.1) is 6.61 Å². The van der Waals surface area contributed by atoms with Crippen molar-refractivity contribution >= 4 is 40.3 Å². The molecule has 1 aromatic rings. The Hall–Kier alpha value is -0.590. The molecular weight excluding hydrogens is 304 g/mol. The molecule has 1 atom stereocenters. The minimum atomic E-state index is -0.128. The van der Waals surface area contributed by atoms with Crippen molar-refractivity contribution in [2.24, 2.45) is 5.92 Å². The maximum absolute atomic E-state index is 11.9. The van der Waals surface area contributed by atoms with Gasteiger partial charge < -0.3 is 5.11 Å². The molecule has 4 nitrogen and oxygen atoms in total. The predicted octanol–water partition coefficient (Wildman–Crippen LogP) is 1.62. The fourth-order valence-corrected chi connectivity index (χ4v) is 2.57. The van der Waals surface area contributed by atoms with Crippen LogP contribution in [0.5, 0.6) is 0 Å². The van der Waals surface area contributed by atoms with Crippen LogP contribution in [0.25, 0.3) is 0 Å². The molecule has 92 valence electrons. The van der Waals surface area contributed by atoms with Crippen LogP contribution in [0.15, 0.2) is 16.7 Å². The summed E-state index contributed by atoms with van der Waals surface area (Å²) in [5.74, 6) is 1.56. The van der Waals surface area contributed by atoms with E-state index in [1.54, 1.807) is 17.2 Å². The van der Waals surface area contributed by atoms with E-state index in [-0.39, 0.29) is 18.4 Å². The summed E-state index contributed by atoms with van der Waals surface area (Å²) in [5, 5.41) is 9.30. The number of carbonyl (C=O) groups is 1. The van der Waals surface area contributed by atoms with Gasteiger partial charge in [-0.2, -0.15) is 12.6 Å². The number of amides is 1. The van der Waals surface area contributed by atoms with Crippen LogP contribution >= 0.6 is 28.6 Å². The molecule has 6 heteroatoms. The first-order valence-corrected chi connectivity index (χ1v) is 6.74. The summed E-state index contributed by atoms with van der Waals surface area (Å²) in [5.41, 5.74) is 0.660. The van der Waals surface area contributed by atoms with Crippen molar-refractivity contribution in [1.82, 2.24) is 4.98 Å². The Kier molecular flexibility index (Phi) is 4.06. The average molecular weight is 317 g/mol. The largest absolute Gasteiger partial charge is 0.392 e. The first-order valence-electron chi connectivity index (χ1n) is 5.32. The predicted molar refractivity (Wildman–Crippen MR) is 72.2 cm³/mol.